The zero-order valence-electron chi connectivity index (χ0n) is 44.2. The number of hydrogen-bond acceptors (Lipinski definition) is 12. The Morgan fingerprint density at radius 1 is 0.494 bits per heavy atom. The van der Waals surface area contributed by atoms with Gasteiger partial charge in [0.05, 0.1) is 31.9 Å². The molecule has 0 bridgehead atoms. The number of nitrogens with one attached hydrogen (secondary N) is 3. The second-order valence-corrected chi connectivity index (χ2v) is 25.3. The molecule has 0 aliphatic heterocycles. The number of aryl methyl sites for hydroxylation is 4. The van der Waals surface area contributed by atoms with Crippen molar-refractivity contribution < 1.29 is 47.2 Å². The molecule has 8 rings (SSSR count). The average molecular weight is 1180 g/mol. The molecule has 0 atom stereocenters. The van der Waals surface area contributed by atoms with E-state index in [2.05, 4.69) is 29.1 Å². The lowest BCUT2D eigenvalue weighted by Crippen LogP contribution is -2.24. The van der Waals surface area contributed by atoms with Crippen LogP contribution in [0, 0.1) is 46.3 Å². The fraction of sp³-hybridized carbons (Fsp3) is 0.211. The van der Waals surface area contributed by atoms with Crippen LogP contribution in [0.5, 0.6) is 5.75 Å². The van der Waals surface area contributed by atoms with Crippen LogP contribution in [0.3, 0.4) is 0 Å². The molecule has 0 unspecified atom stereocenters. The summed E-state index contributed by atoms with van der Waals surface area (Å²) in [5.41, 5.74) is 6.90. The molecular formula is C57H61ClF2N6O9S4. The quantitative estimate of drug-likeness (QED) is 0.0731. The van der Waals surface area contributed by atoms with E-state index >= 15 is 0 Å². The summed E-state index contributed by atoms with van der Waals surface area (Å²) in [5.74, 6) is -0.178. The number of benzene rings is 5. The fourth-order valence-corrected chi connectivity index (χ4v) is 12.5. The van der Waals surface area contributed by atoms with E-state index in [1.54, 1.807) is 86.6 Å². The maximum absolute atomic E-state index is 13.1. The van der Waals surface area contributed by atoms with Crippen LogP contribution in [0.15, 0.2) is 190 Å². The number of hydrogen-bond donors (Lipinski definition) is 3. The number of nitrogens with zero attached hydrogens (tertiary/aromatic N) is 3. The number of pyridine rings is 3. The highest BCUT2D eigenvalue weighted by molar-refractivity contribution is 7.91. The van der Waals surface area contributed by atoms with Crippen LogP contribution >= 0.6 is 11.6 Å². The molecule has 3 aromatic heterocycles. The molecule has 0 aliphatic rings. The van der Waals surface area contributed by atoms with Crippen molar-refractivity contribution in [1.82, 2.24) is 29.1 Å². The summed E-state index contributed by atoms with van der Waals surface area (Å²) in [4.78, 5) is 12.3. The van der Waals surface area contributed by atoms with E-state index in [-0.39, 0.29) is 40.1 Å². The molecule has 22 heteroatoms. The van der Waals surface area contributed by atoms with Gasteiger partial charge < -0.3 is 4.74 Å². The Morgan fingerprint density at radius 2 is 1.05 bits per heavy atom. The van der Waals surface area contributed by atoms with E-state index in [0.29, 0.717) is 34.1 Å². The third kappa shape index (κ3) is 19.5. The molecule has 3 N–H and O–H groups in total. The zero-order valence-corrected chi connectivity index (χ0v) is 48.2. The Balaban J connectivity index is 0.000000194. The highest BCUT2D eigenvalue weighted by atomic mass is 35.5. The second-order valence-electron chi connectivity index (χ2n) is 17.6. The Hall–Kier alpha value is -6.82. The van der Waals surface area contributed by atoms with Crippen molar-refractivity contribution in [2.75, 3.05) is 12.4 Å². The minimum Gasteiger partial charge on any atom is -0.494 e. The fourth-order valence-electron chi connectivity index (χ4n) is 7.22. The first kappa shape index (κ1) is 63.0. The van der Waals surface area contributed by atoms with Crippen LogP contribution in [0.25, 0.3) is 0 Å². The van der Waals surface area contributed by atoms with Gasteiger partial charge in [0.1, 0.15) is 17.4 Å². The molecule has 0 amide bonds. The van der Waals surface area contributed by atoms with Crippen molar-refractivity contribution in [2.45, 2.75) is 87.2 Å². The van der Waals surface area contributed by atoms with Gasteiger partial charge in [-0.2, -0.15) is 0 Å². The van der Waals surface area contributed by atoms with Crippen molar-refractivity contribution in [3.05, 3.63) is 237 Å². The van der Waals surface area contributed by atoms with Crippen molar-refractivity contribution >= 4 is 51.5 Å². The normalized spacial score (nSPS) is 11.5. The zero-order chi connectivity index (χ0) is 57.8. The van der Waals surface area contributed by atoms with Gasteiger partial charge in [-0.15, -0.1) is 0 Å². The maximum atomic E-state index is 13.1. The predicted octanol–water partition coefficient (Wildman–Crippen LogP) is 10.3. The molecule has 0 aliphatic carbocycles. The monoisotopic (exact) mass is 1170 g/mol. The number of sulfone groups is 1. The molecule has 0 spiro atoms. The predicted molar refractivity (Wildman–Crippen MR) is 303 cm³/mol. The van der Waals surface area contributed by atoms with Crippen molar-refractivity contribution in [3.8, 4) is 5.75 Å². The number of rotatable bonds is 18. The molecule has 3 heterocycles. The van der Waals surface area contributed by atoms with Gasteiger partial charge in [0, 0.05) is 61.8 Å². The van der Waals surface area contributed by atoms with Crippen LogP contribution in [-0.2, 0) is 66.0 Å². The van der Waals surface area contributed by atoms with E-state index in [1.165, 1.54) is 43.3 Å². The van der Waals surface area contributed by atoms with Crippen molar-refractivity contribution in [3.63, 3.8) is 0 Å². The Labute approximate surface area is 467 Å². The molecule has 79 heavy (non-hydrogen) atoms. The van der Waals surface area contributed by atoms with Crippen LogP contribution < -0.4 is 18.9 Å². The van der Waals surface area contributed by atoms with E-state index in [0.717, 1.165) is 56.8 Å². The maximum Gasteiger partial charge on any atom is 0.241 e. The average Bonchev–Trinajstić information content (AvgIpc) is 3.44. The Bertz CT molecular complexity index is 3750. The Morgan fingerprint density at radius 3 is 1.59 bits per heavy atom. The van der Waals surface area contributed by atoms with Crippen LogP contribution in [0.4, 0.5) is 8.78 Å². The van der Waals surface area contributed by atoms with Gasteiger partial charge in [-0.05, 0) is 183 Å². The highest BCUT2D eigenvalue weighted by Crippen LogP contribution is 2.29. The molecule has 0 saturated heterocycles. The molecular weight excluding hydrogens is 1110 g/mol. The van der Waals surface area contributed by atoms with Crippen molar-refractivity contribution in [2.24, 2.45) is 0 Å². The summed E-state index contributed by atoms with van der Waals surface area (Å²) in [7, 11) is -14.2. The van der Waals surface area contributed by atoms with Gasteiger partial charge in [0.25, 0.3) is 0 Å². The standard InChI is InChI=1S/C17H21NO3S.C14H15ClN2O2S.C14H14FNO2S.C12H11FN2O2S/c1-4-21-16-7-8-17(14(3)13(16)2)22(19,20)11-9-15-6-5-10-18-12-15;1-10-7-11(2)14(8-13(10)15)20(18,19)17-9-12-3-5-16-6-4-12;1-11-9-13(7-8-14(11)15)19(17,18)16-10-12-5-3-2-4-6-12;13-11-2-1-3-12(8-11)18(16,17)15-9-10-4-6-14-7-5-10/h5-8,10,12H,4,9,11H2,1-3H3;3-8,17H,9H2,1-2H3;2-9,16H,10H2,1H3;1-8,15H,9H2. The van der Waals surface area contributed by atoms with Gasteiger partial charge in [-0.25, -0.2) is 56.6 Å². The van der Waals surface area contributed by atoms with Gasteiger partial charge in [-0.1, -0.05) is 60.1 Å². The van der Waals surface area contributed by atoms with E-state index in [4.69, 9.17) is 16.3 Å². The van der Waals surface area contributed by atoms with Gasteiger partial charge in [0.15, 0.2) is 9.84 Å². The SMILES string of the molecule is CCOc1ccc(S(=O)(=O)CCc2cccnc2)c(C)c1C.Cc1cc(C)c(S(=O)(=O)NCc2ccncc2)cc1Cl.Cc1cc(S(=O)(=O)NCc2ccccc2)ccc1F.O=S(=O)(NCc1ccncc1)c1cccc(F)c1. The van der Waals surface area contributed by atoms with Crippen molar-refractivity contribution in [1.29, 1.82) is 0 Å². The lowest BCUT2D eigenvalue weighted by atomic mass is 10.1. The van der Waals surface area contributed by atoms with Gasteiger partial charge in [0.2, 0.25) is 30.1 Å². The molecule has 15 nitrogen and oxygen atoms in total. The third-order valence-electron chi connectivity index (χ3n) is 11.7. The minimum atomic E-state index is -3.69. The largest absolute Gasteiger partial charge is 0.494 e. The number of sulfonamides is 3. The smallest absolute Gasteiger partial charge is 0.241 e. The summed E-state index contributed by atoms with van der Waals surface area (Å²) in [6.07, 6.45) is 10.2. The number of aromatic nitrogens is 3. The molecule has 8 aromatic rings. The number of halogens is 3. The second kappa shape index (κ2) is 29.4. The molecule has 0 radical (unpaired) electrons. The van der Waals surface area contributed by atoms with E-state index < -0.39 is 51.5 Å². The first-order valence-electron chi connectivity index (χ1n) is 24.4. The molecule has 418 valence electrons. The lowest BCUT2D eigenvalue weighted by Gasteiger charge is -2.14. The minimum absolute atomic E-state index is 0.0716. The number of ether oxygens (including phenoxy) is 1. The molecule has 0 saturated carbocycles. The highest BCUT2D eigenvalue weighted by Gasteiger charge is 2.21. The molecule has 0 fully saturated rings. The van der Waals surface area contributed by atoms with Gasteiger partial charge >= 0.3 is 0 Å². The van der Waals surface area contributed by atoms with Crippen LogP contribution in [-0.4, -0.2) is 61.0 Å². The third-order valence-corrected chi connectivity index (χ3v) is 18.3. The topological polar surface area (TPSA) is 221 Å². The summed E-state index contributed by atoms with van der Waals surface area (Å²) >= 11 is 6.01. The van der Waals surface area contributed by atoms with Gasteiger partial charge in [-0.3, -0.25) is 15.0 Å². The summed E-state index contributed by atoms with van der Waals surface area (Å²) in [6, 6.07) is 35.1. The first-order chi connectivity index (χ1) is 37.4. The first-order valence-corrected chi connectivity index (χ1v) is 30.8. The Kier molecular flexibility index (Phi) is 23.5. The van der Waals surface area contributed by atoms with Crippen LogP contribution in [0.2, 0.25) is 5.02 Å². The van der Waals surface area contributed by atoms with E-state index in [9.17, 15) is 42.5 Å². The summed E-state index contributed by atoms with van der Waals surface area (Å²) in [6.45, 7) is 11.9. The van der Waals surface area contributed by atoms with Crippen LogP contribution in [0.1, 0.15) is 57.0 Å². The van der Waals surface area contributed by atoms with E-state index in [1.807, 2.05) is 70.2 Å². The summed E-state index contributed by atoms with van der Waals surface area (Å²) in [5, 5.41) is 0.444. The molecule has 5 aromatic carbocycles. The summed E-state index contributed by atoms with van der Waals surface area (Å²) < 4.78 is 137. The lowest BCUT2D eigenvalue weighted by molar-refractivity contribution is 0.337.